The highest BCUT2D eigenvalue weighted by Gasteiger charge is 2.27. The van der Waals surface area contributed by atoms with Gasteiger partial charge in [0.05, 0.1) is 5.69 Å². The zero-order valence-electron chi connectivity index (χ0n) is 16.6. The van der Waals surface area contributed by atoms with E-state index in [1.165, 1.54) is 0 Å². The van der Waals surface area contributed by atoms with Crippen molar-refractivity contribution >= 4 is 11.8 Å². The largest absolute Gasteiger partial charge is 0.485 e. The lowest BCUT2D eigenvalue weighted by Crippen LogP contribution is -2.24. The Hall–Kier alpha value is -3.26. The van der Waals surface area contributed by atoms with E-state index in [0.29, 0.717) is 18.3 Å². The van der Waals surface area contributed by atoms with E-state index in [2.05, 4.69) is 15.2 Å². The van der Waals surface area contributed by atoms with Crippen molar-refractivity contribution in [2.75, 3.05) is 6.61 Å². The number of ether oxygens (including phenoxy) is 2. The first kappa shape index (κ1) is 18.7. The molecule has 5 rings (SSSR count). The van der Waals surface area contributed by atoms with Crippen LogP contribution in [0.3, 0.4) is 0 Å². The Bertz CT molecular complexity index is 1170. The van der Waals surface area contributed by atoms with E-state index < -0.39 is 0 Å². The lowest BCUT2D eigenvalue weighted by molar-refractivity contribution is 0.0825. The van der Waals surface area contributed by atoms with Crippen molar-refractivity contribution in [1.29, 1.82) is 0 Å². The molecule has 0 amide bonds. The number of fused-ring (bicyclic) bond motifs is 1. The lowest BCUT2D eigenvalue weighted by Gasteiger charge is -2.25. The average molecular weight is 420 g/mol. The number of oxazole rings is 1. The SMILES string of the molecule is Cc1oc(-c2ccccc2)nc1CSc1nnc(C2COc3ccccc3O2)n1C. The Kier molecular flexibility index (Phi) is 4.92. The van der Waals surface area contributed by atoms with Gasteiger partial charge in [0.1, 0.15) is 12.4 Å². The molecule has 1 aliphatic heterocycles. The monoisotopic (exact) mass is 420 g/mol. The maximum atomic E-state index is 6.06. The van der Waals surface area contributed by atoms with Crippen molar-refractivity contribution in [3.05, 3.63) is 71.9 Å². The van der Waals surface area contributed by atoms with Crippen molar-refractivity contribution in [2.45, 2.75) is 23.9 Å². The highest BCUT2D eigenvalue weighted by molar-refractivity contribution is 7.98. The third-order valence-electron chi connectivity index (χ3n) is 4.92. The number of rotatable bonds is 5. The quantitative estimate of drug-likeness (QED) is 0.437. The Labute approximate surface area is 178 Å². The summed E-state index contributed by atoms with van der Waals surface area (Å²) >= 11 is 1.56. The van der Waals surface area contributed by atoms with Gasteiger partial charge in [0, 0.05) is 18.4 Å². The van der Waals surface area contributed by atoms with Gasteiger partial charge in [-0.2, -0.15) is 0 Å². The molecule has 7 nitrogen and oxygen atoms in total. The van der Waals surface area contributed by atoms with Crippen LogP contribution in [0, 0.1) is 6.92 Å². The van der Waals surface area contributed by atoms with Gasteiger partial charge >= 0.3 is 0 Å². The molecule has 1 aliphatic rings. The first-order valence-electron chi connectivity index (χ1n) is 9.61. The summed E-state index contributed by atoms with van der Waals surface area (Å²) in [5.74, 6) is 4.28. The molecule has 0 saturated carbocycles. The molecule has 0 N–H and O–H groups in total. The van der Waals surface area contributed by atoms with Crippen LogP contribution < -0.4 is 9.47 Å². The van der Waals surface area contributed by atoms with E-state index in [1.54, 1.807) is 11.8 Å². The molecule has 0 fully saturated rings. The molecule has 152 valence electrons. The van der Waals surface area contributed by atoms with Crippen LogP contribution in [-0.2, 0) is 12.8 Å². The molecule has 0 spiro atoms. The molecular formula is C22H20N4O3S. The van der Waals surface area contributed by atoms with Gasteiger partial charge in [0.2, 0.25) is 5.89 Å². The van der Waals surface area contributed by atoms with Crippen molar-refractivity contribution in [3.63, 3.8) is 0 Å². The third kappa shape index (κ3) is 3.54. The normalized spacial score (nSPS) is 15.3. The zero-order chi connectivity index (χ0) is 20.5. The second-order valence-corrected chi connectivity index (χ2v) is 7.88. The summed E-state index contributed by atoms with van der Waals surface area (Å²) in [4.78, 5) is 4.66. The number of hydrogen-bond donors (Lipinski definition) is 0. The first-order valence-corrected chi connectivity index (χ1v) is 10.6. The number of hydrogen-bond acceptors (Lipinski definition) is 7. The third-order valence-corrected chi connectivity index (χ3v) is 5.95. The molecule has 0 aliphatic carbocycles. The van der Waals surface area contributed by atoms with Crippen molar-refractivity contribution in [3.8, 4) is 23.0 Å². The van der Waals surface area contributed by atoms with Crippen LogP contribution in [-0.4, -0.2) is 26.4 Å². The predicted molar refractivity (Wildman–Crippen MR) is 113 cm³/mol. The van der Waals surface area contributed by atoms with E-state index in [-0.39, 0.29) is 6.10 Å². The van der Waals surface area contributed by atoms with Gasteiger partial charge in [0.15, 0.2) is 28.6 Å². The number of thioether (sulfide) groups is 1. The van der Waals surface area contributed by atoms with E-state index in [4.69, 9.17) is 13.9 Å². The molecule has 2 aromatic carbocycles. The van der Waals surface area contributed by atoms with E-state index >= 15 is 0 Å². The fourth-order valence-electron chi connectivity index (χ4n) is 3.28. The van der Waals surface area contributed by atoms with Crippen molar-refractivity contribution in [2.24, 2.45) is 7.05 Å². The van der Waals surface area contributed by atoms with E-state index in [0.717, 1.165) is 39.5 Å². The summed E-state index contributed by atoms with van der Waals surface area (Å²) in [5.41, 5.74) is 1.86. The second-order valence-electron chi connectivity index (χ2n) is 6.94. The topological polar surface area (TPSA) is 75.2 Å². The highest BCUT2D eigenvalue weighted by atomic mass is 32.2. The Morgan fingerprint density at radius 3 is 2.63 bits per heavy atom. The second kappa shape index (κ2) is 7.87. The summed E-state index contributed by atoms with van der Waals surface area (Å²) < 4.78 is 19.7. The summed E-state index contributed by atoms with van der Waals surface area (Å²) in [6.45, 7) is 2.33. The van der Waals surface area contributed by atoms with E-state index in [1.807, 2.05) is 73.1 Å². The fourth-order valence-corrected chi connectivity index (χ4v) is 4.20. The first-order chi connectivity index (χ1) is 14.7. The van der Waals surface area contributed by atoms with Gasteiger partial charge in [-0.3, -0.25) is 0 Å². The molecule has 0 saturated heterocycles. The number of aromatic nitrogens is 4. The molecule has 8 heteroatoms. The standard InChI is InChI=1S/C22H20N4O3S/c1-14-16(23-21(28-14)15-8-4-3-5-9-15)13-30-22-25-24-20(26(22)2)19-12-27-17-10-6-7-11-18(17)29-19/h3-11,19H,12-13H2,1-2H3. The minimum atomic E-state index is -0.301. The number of nitrogens with zero attached hydrogens (tertiary/aromatic N) is 4. The molecule has 0 radical (unpaired) electrons. The molecular weight excluding hydrogens is 400 g/mol. The lowest BCUT2D eigenvalue weighted by atomic mass is 10.2. The number of aryl methyl sites for hydroxylation is 1. The van der Waals surface area contributed by atoms with Crippen molar-refractivity contribution in [1.82, 2.24) is 19.7 Å². The summed E-state index contributed by atoms with van der Waals surface area (Å²) in [5, 5.41) is 9.47. The number of para-hydroxylation sites is 2. The van der Waals surface area contributed by atoms with Crippen LogP contribution in [0.15, 0.2) is 64.2 Å². The summed E-state index contributed by atoms with van der Waals surface area (Å²) in [6, 6.07) is 17.5. The van der Waals surface area contributed by atoms with Crippen LogP contribution in [0.1, 0.15) is 23.4 Å². The molecule has 1 atom stereocenters. The van der Waals surface area contributed by atoms with Gasteiger partial charge in [-0.15, -0.1) is 10.2 Å². The Morgan fingerprint density at radius 2 is 1.80 bits per heavy atom. The van der Waals surface area contributed by atoms with Gasteiger partial charge in [-0.05, 0) is 31.2 Å². The maximum Gasteiger partial charge on any atom is 0.226 e. The number of benzene rings is 2. The summed E-state index contributed by atoms with van der Waals surface area (Å²) in [6.07, 6.45) is -0.301. The van der Waals surface area contributed by atoms with Gasteiger partial charge in [0.25, 0.3) is 0 Å². The van der Waals surface area contributed by atoms with Gasteiger partial charge in [-0.1, -0.05) is 42.1 Å². The Morgan fingerprint density at radius 1 is 1.03 bits per heavy atom. The Balaban J connectivity index is 1.30. The van der Waals surface area contributed by atoms with Crippen LogP contribution in [0.4, 0.5) is 0 Å². The smallest absolute Gasteiger partial charge is 0.226 e. The fraction of sp³-hybridized carbons (Fsp3) is 0.227. The van der Waals surface area contributed by atoms with E-state index in [9.17, 15) is 0 Å². The van der Waals surface area contributed by atoms with Crippen LogP contribution >= 0.6 is 11.8 Å². The predicted octanol–water partition coefficient (Wildman–Crippen LogP) is 4.58. The molecule has 0 bridgehead atoms. The van der Waals surface area contributed by atoms with Crippen molar-refractivity contribution < 1.29 is 13.9 Å². The molecule has 2 aromatic heterocycles. The minimum absolute atomic E-state index is 0.301. The van der Waals surface area contributed by atoms with Gasteiger partial charge in [-0.25, -0.2) is 4.98 Å². The van der Waals surface area contributed by atoms with Crippen LogP contribution in [0.2, 0.25) is 0 Å². The molecule has 3 heterocycles. The van der Waals surface area contributed by atoms with Crippen LogP contribution in [0.5, 0.6) is 11.5 Å². The summed E-state index contributed by atoms with van der Waals surface area (Å²) in [7, 11) is 1.94. The van der Waals surface area contributed by atoms with Crippen LogP contribution in [0.25, 0.3) is 11.5 Å². The molecule has 30 heavy (non-hydrogen) atoms. The zero-order valence-corrected chi connectivity index (χ0v) is 17.4. The maximum absolute atomic E-state index is 6.06. The average Bonchev–Trinajstić information content (AvgIpc) is 3.34. The molecule has 1 unspecified atom stereocenters. The highest BCUT2D eigenvalue weighted by Crippen LogP contribution is 2.36. The van der Waals surface area contributed by atoms with Gasteiger partial charge < -0.3 is 18.5 Å². The molecule has 4 aromatic rings. The minimum Gasteiger partial charge on any atom is -0.485 e.